The van der Waals surface area contributed by atoms with Crippen molar-refractivity contribution in [3.05, 3.63) is 23.8 Å². The molecule has 1 saturated carbocycles. The molecule has 122 valence electrons. The summed E-state index contributed by atoms with van der Waals surface area (Å²) in [5.41, 5.74) is 0.736. The second-order valence-electron chi connectivity index (χ2n) is 5.49. The van der Waals surface area contributed by atoms with Crippen LogP contribution in [0.4, 0.5) is 0 Å². The molecule has 1 unspecified atom stereocenters. The number of nitrogens with one attached hydrogen (secondary N) is 2. The SMILES string of the molecule is CCOc1ccc(S(=O)(=O)NC(C)C(=O)NC2CC2)cc1C. The normalized spacial score (nSPS) is 16.1. The van der Waals surface area contributed by atoms with E-state index < -0.39 is 16.1 Å². The zero-order valence-electron chi connectivity index (χ0n) is 13.0. The maximum atomic E-state index is 12.3. The Balaban J connectivity index is 2.08. The fraction of sp³-hybridized carbons (Fsp3) is 0.533. The van der Waals surface area contributed by atoms with Crippen molar-refractivity contribution in [1.82, 2.24) is 10.0 Å². The maximum Gasteiger partial charge on any atom is 0.241 e. The Morgan fingerprint density at radius 1 is 1.41 bits per heavy atom. The van der Waals surface area contributed by atoms with E-state index in [1.165, 1.54) is 13.0 Å². The van der Waals surface area contributed by atoms with Crippen LogP contribution in [0, 0.1) is 6.92 Å². The lowest BCUT2D eigenvalue weighted by Gasteiger charge is -2.15. The van der Waals surface area contributed by atoms with Crippen LogP contribution in [0.5, 0.6) is 5.75 Å². The highest BCUT2D eigenvalue weighted by molar-refractivity contribution is 7.89. The van der Waals surface area contributed by atoms with E-state index in [0.29, 0.717) is 12.4 Å². The van der Waals surface area contributed by atoms with Crippen molar-refractivity contribution in [2.45, 2.75) is 50.6 Å². The van der Waals surface area contributed by atoms with Crippen LogP contribution >= 0.6 is 0 Å². The largest absolute Gasteiger partial charge is 0.494 e. The van der Waals surface area contributed by atoms with E-state index in [1.54, 1.807) is 19.1 Å². The highest BCUT2D eigenvalue weighted by atomic mass is 32.2. The molecule has 1 aliphatic rings. The van der Waals surface area contributed by atoms with Crippen molar-refractivity contribution in [2.24, 2.45) is 0 Å². The first-order valence-electron chi connectivity index (χ1n) is 7.39. The molecule has 1 fully saturated rings. The first kappa shape index (κ1) is 16.8. The van der Waals surface area contributed by atoms with Gasteiger partial charge in [0.2, 0.25) is 15.9 Å². The minimum Gasteiger partial charge on any atom is -0.494 e. The minimum absolute atomic E-state index is 0.125. The predicted octanol–water partition coefficient (Wildman–Crippen LogP) is 1.34. The molecule has 1 aromatic carbocycles. The number of benzene rings is 1. The van der Waals surface area contributed by atoms with Gasteiger partial charge in [0.1, 0.15) is 5.75 Å². The highest BCUT2D eigenvalue weighted by Crippen LogP contribution is 2.22. The molecule has 6 nitrogen and oxygen atoms in total. The number of sulfonamides is 1. The first-order valence-corrected chi connectivity index (χ1v) is 8.88. The van der Waals surface area contributed by atoms with Crippen LogP contribution in [0.1, 0.15) is 32.3 Å². The van der Waals surface area contributed by atoms with Gasteiger partial charge in [0, 0.05) is 6.04 Å². The van der Waals surface area contributed by atoms with Crippen molar-refractivity contribution in [2.75, 3.05) is 6.61 Å². The summed E-state index contributed by atoms with van der Waals surface area (Å²) in [6.45, 7) is 5.71. The zero-order chi connectivity index (χ0) is 16.3. The monoisotopic (exact) mass is 326 g/mol. The van der Waals surface area contributed by atoms with Crippen molar-refractivity contribution in [3.8, 4) is 5.75 Å². The van der Waals surface area contributed by atoms with Crippen LogP contribution in [0.25, 0.3) is 0 Å². The van der Waals surface area contributed by atoms with Gasteiger partial charge < -0.3 is 10.1 Å². The topological polar surface area (TPSA) is 84.5 Å². The summed E-state index contributed by atoms with van der Waals surface area (Å²) in [4.78, 5) is 12.0. The Morgan fingerprint density at radius 2 is 2.09 bits per heavy atom. The minimum atomic E-state index is -3.74. The summed E-state index contributed by atoms with van der Waals surface area (Å²) in [5, 5.41) is 2.78. The smallest absolute Gasteiger partial charge is 0.241 e. The van der Waals surface area contributed by atoms with Gasteiger partial charge in [-0.1, -0.05) is 0 Å². The third kappa shape index (κ3) is 4.20. The van der Waals surface area contributed by atoms with E-state index in [2.05, 4.69) is 10.0 Å². The summed E-state index contributed by atoms with van der Waals surface area (Å²) in [6, 6.07) is 4.04. The van der Waals surface area contributed by atoms with Gasteiger partial charge in [0.25, 0.3) is 0 Å². The molecule has 1 amide bonds. The quantitative estimate of drug-likeness (QED) is 0.792. The maximum absolute atomic E-state index is 12.3. The number of hydrogen-bond acceptors (Lipinski definition) is 4. The van der Waals surface area contributed by atoms with Crippen molar-refractivity contribution >= 4 is 15.9 Å². The van der Waals surface area contributed by atoms with Crippen LogP contribution in [-0.4, -0.2) is 33.0 Å². The lowest BCUT2D eigenvalue weighted by atomic mass is 10.2. The molecule has 0 spiro atoms. The summed E-state index contributed by atoms with van der Waals surface area (Å²) in [7, 11) is -3.74. The van der Waals surface area contributed by atoms with Crippen LogP contribution in [0.3, 0.4) is 0 Å². The number of ether oxygens (including phenoxy) is 1. The molecular weight excluding hydrogens is 304 g/mol. The lowest BCUT2D eigenvalue weighted by molar-refractivity contribution is -0.122. The third-order valence-corrected chi connectivity index (χ3v) is 4.94. The van der Waals surface area contributed by atoms with Crippen LogP contribution < -0.4 is 14.8 Å². The van der Waals surface area contributed by atoms with E-state index in [0.717, 1.165) is 18.4 Å². The number of carbonyl (C=O) groups excluding carboxylic acids is 1. The van der Waals surface area contributed by atoms with Gasteiger partial charge in [0.05, 0.1) is 17.5 Å². The summed E-state index contributed by atoms with van der Waals surface area (Å²) in [5.74, 6) is 0.356. The number of carbonyl (C=O) groups is 1. The van der Waals surface area contributed by atoms with Crippen molar-refractivity contribution in [3.63, 3.8) is 0 Å². The highest BCUT2D eigenvalue weighted by Gasteiger charge is 2.28. The molecule has 0 aromatic heterocycles. The number of hydrogen-bond donors (Lipinski definition) is 2. The van der Waals surface area contributed by atoms with Gasteiger partial charge in [0.15, 0.2) is 0 Å². The molecule has 22 heavy (non-hydrogen) atoms. The van der Waals surface area contributed by atoms with E-state index in [1.807, 2.05) is 6.92 Å². The molecule has 0 radical (unpaired) electrons. The van der Waals surface area contributed by atoms with Gasteiger partial charge >= 0.3 is 0 Å². The fourth-order valence-electron chi connectivity index (χ4n) is 2.01. The molecule has 1 aliphatic carbocycles. The van der Waals surface area contributed by atoms with Crippen LogP contribution in [-0.2, 0) is 14.8 Å². The van der Waals surface area contributed by atoms with Gasteiger partial charge in [-0.3, -0.25) is 4.79 Å². The second-order valence-corrected chi connectivity index (χ2v) is 7.20. The van der Waals surface area contributed by atoms with Crippen molar-refractivity contribution in [1.29, 1.82) is 0 Å². The molecule has 2 rings (SSSR count). The molecule has 0 heterocycles. The summed E-state index contributed by atoms with van der Waals surface area (Å²) in [6.07, 6.45) is 1.92. The number of rotatable bonds is 7. The summed E-state index contributed by atoms with van der Waals surface area (Å²) < 4.78 is 32.5. The molecule has 0 aliphatic heterocycles. The third-order valence-electron chi connectivity index (χ3n) is 3.41. The van der Waals surface area contributed by atoms with Gasteiger partial charge in [-0.2, -0.15) is 4.72 Å². The Kier molecular flexibility index (Phi) is 5.08. The number of amides is 1. The number of aryl methyl sites for hydroxylation is 1. The van der Waals surface area contributed by atoms with E-state index in [-0.39, 0.29) is 16.8 Å². The van der Waals surface area contributed by atoms with Gasteiger partial charge in [-0.05, 0) is 57.4 Å². The van der Waals surface area contributed by atoms with Crippen LogP contribution in [0.2, 0.25) is 0 Å². The standard InChI is InChI=1S/C15H22N2O4S/c1-4-21-14-8-7-13(9-10(14)2)22(19,20)17-11(3)15(18)16-12-5-6-12/h7-9,11-12,17H,4-6H2,1-3H3,(H,16,18). The van der Waals surface area contributed by atoms with Crippen LogP contribution in [0.15, 0.2) is 23.1 Å². The van der Waals surface area contributed by atoms with Gasteiger partial charge in [-0.15, -0.1) is 0 Å². The molecular formula is C15H22N2O4S. The van der Waals surface area contributed by atoms with E-state index in [4.69, 9.17) is 4.74 Å². The average molecular weight is 326 g/mol. The van der Waals surface area contributed by atoms with E-state index >= 15 is 0 Å². The zero-order valence-corrected chi connectivity index (χ0v) is 13.9. The molecule has 1 atom stereocenters. The Labute approximate surface area is 131 Å². The predicted molar refractivity (Wildman–Crippen MR) is 83.3 cm³/mol. The average Bonchev–Trinajstić information content (AvgIpc) is 3.24. The molecule has 2 N–H and O–H groups in total. The molecule has 0 bridgehead atoms. The fourth-order valence-corrected chi connectivity index (χ4v) is 3.30. The van der Waals surface area contributed by atoms with E-state index in [9.17, 15) is 13.2 Å². The first-order chi connectivity index (χ1) is 10.3. The van der Waals surface area contributed by atoms with Gasteiger partial charge in [-0.25, -0.2) is 8.42 Å². The Hall–Kier alpha value is -1.60. The molecule has 1 aromatic rings. The Bertz CT molecular complexity index is 654. The van der Waals surface area contributed by atoms with Crippen molar-refractivity contribution < 1.29 is 17.9 Å². The molecule has 0 saturated heterocycles. The Morgan fingerprint density at radius 3 is 2.64 bits per heavy atom. The lowest BCUT2D eigenvalue weighted by Crippen LogP contribution is -2.45. The summed E-state index contributed by atoms with van der Waals surface area (Å²) >= 11 is 0. The second kappa shape index (κ2) is 6.66. The molecule has 7 heteroatoms.